The second-order valence-electron chi connectivity index (χ2n) is 7.76. The minimum absolute atomic E-state index is 0.0921. The number of aliphatic hydroxyl groups excluding tert-OH is 1. The van der Waals surface area contributed by atoms with E-state index in [1.807, 2.05) is 13.8 Å². The Kier molecular flexibility index (Phi) is 5.03. The number of likely N-dealkylation sites (N-methyl/N-ethyl adjacent to an activating group) is 1. The Hall–Kier alpha value is -0.590. The Labute approximate surface area is 118 Å². The maximum absolute atomic E-state index is 9.56. The number of aliphatic hydroxyl groups is 1. The molecule has 1 N–H and O–H groups in total. The molecule has 0 aromatic carbocycles. The van der Waals surface area contributed by atoms with Crippen LogP contribution in [0.5, 0.6) is 0 Å². The Morgan fingerprint density at radius 3 is 2.21 bits per heavy atom. The molecule has 1 rings (SSSR count). The van der Waals surface area contributed by atoms with Crippen molar-refractivity contribution in [2.45, 2.75) is 65.5 Å². The molecule has 0 saturated heterocycles. The summed E-state index contributed by atoms with van der Waals surface area (Å²) in [5, 5.41) is 19.0. The van der Waals surface area contributed by atoms with E-state index in [9.17, 15) is 10.4 Å². The van der Waals surface area contributed by atoms with Crippen LogP contribution in [0.25, 0.3) is 0 Å². The van der Waals surface area contributed by atoms with Crippen molar-refractivity contribution in [3.63, 3.8) is 0 Å². The van der Waals surface area contributed by atoms with Crippen molar-refractivity contribution in [1.29, 1.82) is 5.26 Å². The zero-order valence-corrected chi connectivity index (χ0v) is 13.4. The molecule has 3 atom stereocenters. The van der Waals surface area contributed by atoms with Crippen LogP contribution in [-0.2, 0) is 0 Å². The van der Waals surface area contributed by atoms with E-state index in [1.54, 1.807) is 0 Å². The summed E-state index contributed by atoms with van der Waals surface area (Å²) < 4.78 is 0. The van der Waals surface area contributed by atoms with Crippen LogP contribution in [0.3, 0.4) is 0 Å². The number of hydrogen-bond acceptors (Lipinski definition) is 3. The third kappa shape index (κ3) is 3.70. The van der Waals surface area contributed by atoms with Gasteiger partial charge in [-0.25, -0.2) is 0 Å². The van der Waals surface area contributed by atoms with E-state index in [0.717, 1.165) is 19.3 Å². The van der Waals surface area contributed by atoms with Crippen LogP contribution in [0.4, 0.5) is 0 Å². The fourth-order valence-electron chi connectivity index (χ4n) is 3.07. The van der Waals surface area contributed by atoms with Gasteiger partial charge in [-0.1, -0.05) is 20.8 Å². The Morgan fingerprint density at radius 1 is 1.21 bits per heavy atom. The topological polar surface area (TPSA) is 47.3 Å². The zero-order valence-electron chi connectivity index (χ0n) is 13.4. The molecule has 0 amide bonds. The highest BCUT2D eigenvalue weighted by Crippen LogP contribution is 2.42. The van der Waals surface area contributed by atoms with E-state index >= 15 is 0 Å². The number of nitrogens with zero attached hydrogens (tertiary/aromatic N) is 2. The second-order valence-corrected chi connectivity index (χ2v) is 7.76. The van der Waals surface area contributed by atoms with Gasteiger partial charge in [-0.05, 0) is 51.5 Å². The molecular formula is C16H30N2O. The number of nitriles is 1. The van der Waals surface area contributed by atoms with Crippen molar-refractivity contribution in [2.24, 2.45) is 17.3 Å². The molecule has 3 heteroatoms. The molecule has 3 nitrogen and oxygen atoms in total. The van der Waals surface area contributed by atoms with Gasteiger partial charge in [0, 0.05) is 11.6 Å². The van der Waals surface area contributed by atoms with Gasteiger partial charge in [0.25, 0.3) is 0 Å². The van der Waals surface area contributed by atoms with Gasteiger partial charge in [-0.15, -0.1) is 0 Å². The monoisotopic (exact) mass is 266 g/mol. The summed E-state index contributed by atoms with van der Waals surface area (Å²) >= 11 is 0. The first-order valence-electron chi connectivity index (χ1n) is 7.37. The molecular weight excluding hydrogens is 236 g/mol. The quantitative estimate of drug-likeness (QED) is 0.854. The van der Waals surface area contributed by atoms with E-state index in [2.05, 4.69) is 38.8 Å². The van der Waals surface area contributed by atoms with Gasteiger partial charge in [-0.2, -0.15) is 5.26 Å². The van der Waals surface area contributed by atoms with Gasteiger partial charge in [0.2, 0.25) is 0 Å². The molecule has 3 unspecified atom stereocenters. The average molecular weight is 266 g/mol. The smallest absolute Gasteiger partial charge is 0.0672 e. The lowest BCUT2D eigenvalue weighted by atomic mass is 9.67. The second kappa shape index (κ2) is 5.81. The summed E-state index contributed by atoms with van der Waals surface area (Å²) in [6.45, 7) is 11.1. The summed E-state index contributed by atoms with van der Waals surface area (Å²) in [7, 11) is 2.05. The van der Waals surface area contributed by atoms with Crippen LogP contribution in [0.2, 0.25) is 0 Å². The first kappa shape index (κ1) is 16.5. The maximum Gasteiger partial charge on any atom is 0.0672 e. The molecule has 0 bridgehead atoms. The van der Waals surface area contributed by atoms with Crippen molar-refractivity contribution in [2.75, 3.05) is 13.7 Å². The summed E-state index contributed by atoms with van der Waals surface area (Å²) in [6.07, 6.45) is 3.18. The molecule has 110 valence electrons. The maximum atomic E-state index is 9.56. The number of rotatable bonds is 3. The van der Waals surface area contributed by atoms with Crippen LogP contribution < -0.4 is 0 Å². The summed E-state index contributed by atoms with van der Waals surface area (Å²) in [5.41, 5.74) is 0.0302. The standard InChI is InChI=1S/C16H30N2O/c1-15(2,3)13-8-7-12(10-17)14(9-13)18(6)16(4,5)11-19/h12-14,19H,7-9,11H2,1-6H3. The highest BCUT2D eigenvalue weighted by molar-refractivity contribution is 5.01. The first-order valence-corrected chi connectivity index (χ1v) is 7.37. The molecule has 0 heterocycles. The van der Waals surface area contributed by atoms with Gasteiger partial charge < -0.3 is 5.11 Å². The van der Waals surface area contributed by atoms with Crippen molar-refractivity contribution in [3.8, 4) is 6.07 Å². The van der Waals surface area contributed by atoms with Crippen LogP contribution >= 0.6 is 0 Å². The lowest BCUT2D eigenvalue weighted by Crippen LogP contribution is -2.54. The molecule has 0 aromatic heterocycles. The molecule has 1 fully saturated rings. The van der Waals surface area contributed by atoms with E-state index < -0.39 is 0 Å². The summed E-state index contributed by atoms with van der Waals surface area (Å²) in [4.78, 5) is 2.22. The molecule has 1 aliphatic rings. The van der Waals surface area contributed by atoms with Crippen LogP contribution in [0.1, 0.15) is 53.9 Å². The van der Waals surface area contributed by atoms with Gasteiger partial charge in [-0.3, -0.25) is 4.90 Å². The largest absolute Gasteiger partial charge is 0.394 e. The lowest BCUT2D eigenvalue weighted by Gasteiger charge is -2.47. The third-order valence-electron chi connectivity index (χ3n) is 5.05. The SMILES string of the molecule is CN(C1CC(C(C)(C)C)CCC1C#N)C(C)(C)CO. The van der Waals surface area contributed by atoms with Gasteiger partial charge >= 0.3 is 0 Å². The summed E-state index contributed by atoms with van der Waals surface area (Å²) in [6, 6.07) is 2.73. The first-order chi connectivity index (χ1) is 8.63. The van der Waals surface area contributed by atoms with Crippen LogP contribution in [-0.4, -0.2) is 35.2 Å². The minimum Gasteiger partial charge on any atom is -0.394 e. The van der Waals surface area contributed by atoms with E-state index in [1.165, 1.54) is 0 Å². The zero-order chi connectivity index (χ0) is 14.8. The third-order valence-corrected chi connectivity index (χ3v) is 5.05. The number of hydrogen-bond donors (Lipinski definition) is 1. The van der Waals surface area contributed by atoms with Gasteiger partial charge in [0.05, 0.1) is 18.6 Å². The van der Waals surface area contributed by atoms with Crippen molar-refractivity contribution >= 4 is 0 Å². The average Bonchev–Trinajstić information content (AvgIpc) is 2.35. The molecule has 0 spiro atoms. The highest BCUT2D eigenvalue weighted by atomic mass is 16.3. The van der Waals surface area contributed by atoms with E-state index in [4.69, 9.17) is 0 Å². The summed E-state index contributed by atoms with van der Waals surface area (Å²) in [5.74, 6) is 0.744. The van der Waals surface area contributed by atoms with Crippen LogP contribution in [0, 0.1) is 28.6 Å². The van der Waals surface area contributed by atoms with Crippen molar-refractivity contribution in [1.82, 2.24) is 4.90 Å². The molecule has 0 radical (unpaired) electrons. The van der Waals surface area contributed by atoms with E-state index in [0.29, 0.717) is 11.3 Å². The van der Waals surface area contributed by atoms with E-state index in [-0.39, 0.29) is 24.1 Å². The fraction of sp³-hybridized carbons (Fsp3) is 0.938. The molecule has 0 aliphatic heterocycles. The highest BCUT2D eigenvalue weighted by Gasteiger charge is 2.41. The van der Waals surface area contributed by atoms with Crippen LogP contribution in [0.15, 0.2) is 0 Å². The predicted octanol–water partition coefficient (Wildman–Crippen LogP) is 3.04. The van der Waals surface area contributed by atoms with Crippen molar-refractivity contribution in [3.05, 3.63) is 0 Å². The van der Waals surface area contributed by atoms with Gasteiger partial charge in [0.1, 0.15) is 0 Å². The Bertz CT molecular complexity index is 338. The molecule has 1 saturated carbocycles. The van der Waals surface area contributed by atoms with Gasteiger partial charge in [0.15, 0.2) is 0 Å². The predicted molar refractivity (Wildman–Crippen MR) is 78.6 cm³/mol. The fourth-order valence-corrected chi connectivity index (χ4v) is 3.07. The lowest BCUT2D eigenvalue weighted by molar-refractivity contribution is -0.00576. The Morgan fingerprint density at radius 2 is 1.79 bits per heavy atom. The molecule has 0 aromatic rings. The normalized spacial score (nSPS) is 29.3. The Balaban J connectivity index is 2.90. The molecule has 1 aliphatic carbocycles. The minimum atomic E-state index is -0.264. The molecule has 19 heavy (non-hydrogen) atoms. The van der Waals surface area contributed by atoms with Crippen molar-refractivity contribution < 1.29 is 5.11 Å².